The van der Waals surface area contributed by atoms with Crippen LogP contribution in [-0.2, 0) is 14.3 Å². The molecule has 216 valence electrons. The number of hydrogen-bond acceptors (Lipinski definition) is 8. The van der Waals surface area contributed by atoms with E-state index in [0.29, 0.717) is 29.4 Å². The van der Waals surface area contributed by atoms with E-state index in [1.54, 1.807) is 11.8 Å². The standard InChI is InChI=1S/C29H42N2O7S/c1-17(29-13-18-8-19(14-29)10-20(9-18)15-29)30-25(32)16-38-28(34)22(6-7-39-5)31-27(33)21-11-23(35-2)26(37-4)24(12-21)36-3/h11-12,17-20,22H,6-10,13-16H2,1-5H3,(H,30,32)(H,31,33)/t17-,18?,19?,20?,22-,29?/m0/s1. The lowest BCUT2D eigenvalue weighted by Crippen LogP contribution is -2.56. The van der Waals surface area contributed by atoms with Crippen LogP contribution in [-0.4, -0.2) is 69.8 Å². The van der Waals surface area contributed by atoms with Gasteiger partial charge in [-0.2, -0.15) is 11.8 Å². The van der Waals surface area contributed by atoms with Crippen LogP contribution in [0.5, 0.6) is 17.2 Å². The van der Waals surface area contributed by atoms with E-state index in [9.17, 15) is 14.4 Å². The molecule has 1 aromatic carbocycles. The Balaban J connectivity index is 1.35. The van der Waals surface area contributed by atoms with E-state index in [-0.39, 0.29) is 29.5 Å². The molecule has 4 bridgehead atoms. The van der Waals surface area contributed by atoms with Crippen molar-refractivity contribution in [1.29, 1.82) is 0 Å². The maximum atomic E-state index is 13.1. The first-order valence-electron chi connectivity index (χ1n) is 13.8. The number of rotatable bonds is 13. The van der Waals surface area contributed by atoms with Crippen LogP contribution in [0.3, 0.4) is 0 Å². The number of benzene rings is 1. The number of carbonyl (C=O) groups is 3. The van der Waals surface area contributed by atoms with E-state index in [2.05, 4.69) is 17.6 Å². The molecule has 0 aliphatic heterocycles. The van der Waals surface area contributed by atoms with Gasteiger partial charge in [-0.05, 0) is 99.2 Å². The third kappa shape index (κ3) is 6.58. The van der Waals surface area contributed by atoms with E-state index >= 15 is 0 Å². The third-order valence-electron chi connectivity index (χ3n) is 8.85. The van der Waals surface area contributed by atoms with Gasteiger partial charge in [0.15, 0.2) is 18.1 Å². The minimum atomic E-state index is -0.905. The molecule has 2 amide bonds. The van der Waals surface area contributed by atoms with Gasteiger partial charge in [0.2, 0.25) is 5.75 Å². The molecule has 9 nitrogen and oxygen atoms in total. The van der Waals surface area contributed by atoms with Crippen molar-refractivity contribution < 1.29 is 33.3 Å². The van der Waals surface area contributed by atoms with Crippen LogP contribution in [0, 0.1) is 23.2 Å². The summed E-state index contributed by atoms with van der Waals surface area (Å²) in [5, 5.41) is 5.88. The smallest absolute Gasteiger partial charge is 0.329 e. The summed E-state index contributed by atoms with van der Waals surface area (Å²) in [5.74, 6) is 2.60. The van der Waals surface area contributed by atoms with E-state index in [0.717, 1.165) is 17.8 Å². The lowest BCUT2D eigenvalue weighted by Gasteiger charge is -2.59. The number of hydrogen-bond donors (Lipinski definition) is 2. The molecule has 0 heterocycles. The molecule has 4 aliphatic rings. The molecule has 0 aromatic heterocycles. The van der Waals surface area contributed by atoms with Crippen LogP contribution in [0.1, 0.15) is 62.2 Å². The van der Waals surface area contributed by atoms with Crippen molar-refractivity contribution in [2.75, 3.05) is 39.9 Å². The van der Waals surface area contributed by atoms with E-state index < -0.39 is 17.9 Å². The molecule has 1 aromatic rings. The maximum Gasteiger partial charge on any atom is 0.329 e. The van der Waals surface area contributed by atoms with Gasteiger partial charge in [0.25, 0.3) is 11.8 Å². The second-order valence-electron chi connectivity index (χ2n) is 11.4. The van der Waals surface area contributed by atoms with E-state index in [1.165, 1.54) is 72.0 Å². The molecule has 2 N–H and O–H groups in total. The average molecular weight is 563 g/mol. The normalized spacial score (nSPS) is 26.3. The topological polar surface area (TPSA) is 112 Å². The highest BCUT2D eigenvalue weighted by Gasteiger charge is 2.53. The summed E-state index contributed by atoms with van der Waals surface area (Å²) in [4.78, 5) is 38.9. The molecule has 0 unspecified atom stereocenters. The number of carbonyl (C=O) groups excluding carboxylic acids is 3. The molecular formula is C29H42N2O7S. The second-order valence-corrected chi connectivity index (χ2v) is 12.4. The predicted molar refractivity (Wildman–Crippen MR) is 150 cm³/mol. The Hall–Kier alpha value is -2.62. The summed E-state index contributed by atoms with van der Waals surface area (Å²) in [7, 11) is 4.41. The van der Waals surface area contributed by atoms with Crippen molar-refractivity contribution in [3.63, 3.8) is 0 Å². The lowest BCUT2D eigenvalue weighted by atomic mass is 9.48. The number of methoxy groups -OCH3 is 3. The molecule has 4 aliphatic carbocycles. The quantitative estimate of drug-likeness (QED) is 0.349. The van der Waals surface area contributed by atoms with Crippen molar-refractivity contribution in [1.82, 2.24) is 10.6 Å². The first-order valence-corrected chi connectivity index (χ1v) is 15.2. The second kappa shape index (κ2) is 12.7. The molecule has 0 saturated heterocycles. The minimum absolute atomic E-state index is 0.0455. The highest BCUT2D eigenvalue weighted by atomic mass is 32.2. The molecule has 39 heavy (non-hydrogen) atoms. The van der Waals surface area contributed by atoms with Crippen molar-refractivity contribution in [3.8, 4) is 17.2 Å². The highest BCUT2D eigenvalue weighted by molar-refractivity contribution is 7.98. The van der Waals surface area contributed by atoms with Gasteiger partial charge in [-0.3, -0.25) is 9.59 Å². The molecule has 5 rings (SSSR count). The SMILES string of the molecule is COc1cc(C(=O)N[C@@H](CCSC)C(=O)OCC(=O)N[C@@H](C)C23CC4CC(CC(C4)C2)C3)cc(OC)c1OC. The van der Waals surface area contributed by atoms with Gasteiger partial charge >= 0.3 is 5.97 Å². The molecule has 4 fully saturated rings. The third-order valence-corrected chi connectivity index (χ3v) is 9.50. The molecule has 0 spiro atoms. The van der Waals surface area contributed by atoms with Gasteiger partial charge in [0.05, 0.1) is 21.3 Å². The summed E-state index contributed by atoms with van der Waals surface area (Å²) in [6.45, 7) is 1.73. The lowest BCUT2D eigenvalue weighted by molar-refractivity contribution is -0.151. The molecular weight excluding hydrogens is 520 g/mol. The molecule has 0 radical (unpaired) electrons. The Kier molecular flexibility index (Phi) is 9.56. The van der Waals surface area contributed by atoms with Crippen LogP contribution in [0.25, 0.3) is 0 Å². The van der Waals surface area contributed by atoms with Crippen molar-refractivity contribution >= 4 is 29.5 Å². The monoisotopic (exact) mass is 562 g/mol. The van der Waals surface area contributed by atoms with Crippen LogP contribution >= 0.6 is 11.8 Å². The minimum Gasteiger partial charge on any atom is -0.493 e. The fourth-order valence-electron chi connectivity index (χ4n) is 7.32. The number of esters is 1. The summed E-state index contributed by atoms with van der Waals surface area (Å²) in [6.07, 6.45) is 9.87. The van der Waals surface area contributed by atoms with Crippen LogP contribution in [0.4, 0.5) is 0 Å². The van der Waals surface area contributed by atoms with Gasteiger partial charge < -0.3 is 29.6 Å². The van der Waals surface area contributed by atoms with Crippen molar-refractivity contribution in [3.05, 3.63) is 17.7 Å². The highest BCUT2D eigenvalue weighted by Crippen LogP contribution is 2.61. The van der Waals surface area contributed by atoms with Crippen LogP contribution < -0.4 is 24.8 Å². The zero-order valence-electron chi connectivity index (χ0n) is 23.7. The number of thioether (sulfide) groups is 1. The number of nitrogens with one attached hydrogen (secondary N) is 2. The first-order chi connectivity index (χ1) is 18.7. The van der Waals surface area contributed by atoms with Crippen LogP contribution in [0.2, 0.25) is 0 Å². The largest absolute Gasteiger partial charge is 0.493 e. The summed E-state index contributed by atoms with van der Waals surface area (Å²) in [6, 6.07) is 2.18. The fraction of sp³-hybridized carbons (Fsp3) is 0.690. The fourth-order valence-corrected chi connectivity index (χ4v) is 7.79. The average Bonchev–Trinajstić information content (AvgIpc) is 2.92. The van der Waals surface area contributed by atoms with Gasteiger partial charge in [0.1, 0.15) is 6.04 Å². The predicted octanol–water partition coefficient (Wildman–Crippen LogP) is 3.83. The Morgan fingerprint density at radius 3 is 2.00 bits per heavy atom. The van der Waals surface area contributed by atoms with E-state index in [4.69, 9.17) is 18.9 Å². The Morgan fingerprint density at radius 1 is 0.949 bits per heavy atom. The van der Waals surface area contributed by atoms with Gasteiger partial charge in [-0.15, -0.1) is 0 Å². The molecule has 4 saturated carbocycles. The molecule has 10 heteroatoms. The Bertz CT molecular complexity index is 1000. The summed E-state index contributed by atoms with van der Waals surface area (Å²) >= 11 is 1.55. The maximum absolute atomic E-state index is 13.1. The zero-order valence-corrected chi connectivity index (χ0v) is 24.5. The number of amides is 2. The van der Waals surface area contributed by atoms with Crippen molar-refractivity contribution in [2.24, 2.45) is 23.2 Å². The van der Waals surface area contributed by atoms with Crippen LogP contribution in [0.15, 0.2) is 12.1 Å². The van der Waals surface area contributed by atoms with Gasteiger partial charge in [-0.25, -0.2) is 4.79 Å². The van der Waals surface area contributed by atoms with Gasteiger partial charge in [0, 0.05) is 11.6 Å². The zero-order chi connectivity index (χ0) is 28.2. The number of ether oxygens (including phenoxy) is 4. The van der Waals surface area contributed by atoms with Gasteiger partial charge in [-0.1, -0.05) is 0 Å². The van der Waals surface area contributed by atoms with E-state index in [1.807, 2.05) is 6.26 Å². The molecule has 2 atom stereocenters. The summed E-state index contributed by atoms with van der Waals surface area (Å²) < 4.78 is 21.4. The van der Waals surface area contributed by atoms with Crippen molar-refractivity contribution in [2.45, 2.75) is 64.0 Å². The Morgan fingerprint density at radius 2 is 1.51 bits per heavy atom. The first kappa shape index (κ1) is 29.4. The summed E-state index contributed by atoms with van der Waals surface area (Å²) in [5.41, 5.74) is 0.414. The Labute approximate surface area is 235 Å².